The predicted octanol–water partition coefficient (Wildman–Crippen LogP) is 4.12. The van der Waals surface area contributed by atoms with Gasteiger partial charge in [0.15, 0.2) is 6.29 Å². The Morgan fingerprint density at radius 1 is 1.28 bits per heavy atom. The second kappa shape index (κ2) is 8.16. The quantitative estimate of drug-likeness (QED) is 0.558. The number of aromatic nitrogens is 2. The van der Waals surface area contributed by atoms with Crippen molar-refractivity contribution in [2.24, 2.45) is 0 Å². The van der Waals surface area contributed by atoms with Crippen LogP contribution in [0.3, 0.4) is 0 Å². The van der Waals surface area contributed by atoms with Gasteiger partial charge in [0.1, 0.15) is 11.5 Å². The molecule has 7 nitrogen and oxygen atoms in total. The van der Waals surface area contributed by atoms with Gasteiger partial charge in [-0.2, -0.15) is 5.10 Å². The number of carbonyl (C=O) groups is 2. The van der Waals surface area contributed by atoms with E-state index in [1.54, 1.807) is 16.8 Å². The zero-order chi connectivity index (χ0) is 20.5. The van der Waals surface area contributed by atoms with Gasteiger partial charge in [-0.3, -0.25) is 14.9 Å². The zero-order valence-corrected chi connectivity index (χ0v) is 17.6. The van der Waals surface area contributed by atoms with Gasteiger partial charge in [-0.15, -0.1) is 11.3 Å². The number of thiophene rings is 1. The number of hydrogen-bond donors (Lipinski definition) is 3. The molecule has 2 amide bonds. The molecule has 2 unspecified atom stereocenters. The minimum absolute atomic E-state index is 0.0292. The van der Waals surface area contributed by atoms with Crippen molar-refractivity contribution in [3.8, 4) is 10.6 Å². The van der Waals surface area contributed by atoms with E-state index >= 15 is 0 Å². The highest BCUT2D eigenvalue weighted by atomic mass is 35.5. The first-order valence-corrected chi connectivity index (χ1v) is 10.5. The van der Waals surface area contributed by atoms with Crippen LogP contribution in [0.4, 0.5) is 5.82 Å². The molecule has 0 aliphatic carbocycles. The average molecular weight is 450 g/mol. The first kappa shape index (κ1) is 19.9. The second-order valence-electron chi connectivity index (χ2n) is 6.69. The van der Waals surface area contributed by atoms with Crippen LogP contribution in [-0.4, -0.2) is 27.6 Å². The molecule has 10 heteroatoms. The molecular formula is C19H17Cl2N5O2S. The van der Waals surface area contributed by atoms with Crippen LogP contribution in [-0.2, 0) is 4.79 Å². The molecule has 1 aliphatic rings. The van der Waals surface area contributed by atoms with Crippen LogP contribution in [0.25, 0.3) is 10.6 Å². The summed E-state index contributed by atoms with van der Waals surface area (Å²) in [5.41, 5.74) is 1.01. The summed E-state index contributed by atoms with van der Waals surface area (Å²) in [5.74, 6) is -0.0433. The van der Waals surface area contributed by atoms with Crippen molar-refractivity contribution < 1.29 is 9.59 Å². The molecule has 0 saturated carbocycles. The van der Waals surface area contributed by atoms with Crippen LogP contribution in [0.2, 0.25) is 10.0 Å². The van der Waals surface area contributed by atoms with Crippen LogP contribution < -0.4 is 16.0 Å². The molecule has 0 radical (unpaired) electrons. The molecule has 1 aromatic carbocycles. The Labute approximate surface area is 181 Å². The van der Waals surface area contributed by atoms with E-state index in [0.29, 0.717) is 33.5 Å². The molecular weight excluding hydrogens is 433 g/mol. The van der Waals surface area contributed by atoms with Gasteiger partial charge in [0, 0.05) is 34.1 Å². The SMILES string of the molecule is CC1CC(=O)NC(n2nc(-c3cccs3)cc2NC(=O)c2cc(Cl)cc(Cl)c2)N1. The molecule has 3 heterocycles. The molecule has 3 N–H and O–H groups in total. The Morgan fingerprint density at radius 2 is 2.03 bits per heavy atom. The van der Waals surface area contributed by atoms with Gasteiger partial charge < -0.3 is 10.6 Å². The fourth-order valence-corrected chi connectivity index (χ4v) is 4.30. The van der Waals surface area contributed by atoms with E-state index in [9.17, 15) is 9.59 Å². The smallest absolute Gasteiger partial charge is 0.256 e. The van der Waals surface area contributed by atoms with Gasteiger partial charge in [0.25, 0.3) is 5.91 Å². The normalized spacial score (nSPS) is 19.1. The van der Waals surface area contributed by atoms with E-state index in [4.69, 9.17) is 23.2 Å². The number of anilines is 1. The highest BCUT2D eigenvalue weighted by Crippen LogP contribution is 2.28. The lowest BCUT2D eigenvalue weighted by atomic mass is 10.2. The number of hydrogen-bond acceptors (Lipinski definition) is 5. The highest BCUT2D eigenvalue weighted by molar-refractivity contribution is 7.13. The van der Waals surface area contributed by atoms with Crippen molar-refractivity contribution in [1.82, 2.24) is 20.4 Å². The van der Waals surface area contributed by atoms with Gasteiger partial charge in [-0.1, -0.05) is 29.3 Å². The van der Waals surface area contributed by atoms with E-state index in [2.05, 4.69) is 21.0 Å². The molecule has 1 saturated heterocycles. The summed E-state index contributed by atoms with van der Waals surface area (Å²) in [4.78, 5) is 25.8. The first-order chi connectivity index (χ1) is 13.9. The second-order valence-corrected chi connectivity index (χ2v) is 8.51. The van der Waals surface area contributed by atoms with Crippen LogP contribution in [0.5, 0.6) is 0 Å². The number of nitrogens with zero attached hydrogens (tertiary/aromatic N) is 2. The first-order valence-electron chi connectivity index (χ1n) is 8.85. The standard InChI is InChI=1S/C19H17Cl2N5O2S/c1-10-5-17(27)24-19(22-10)26-16(9-14(25-26)15-3-2-4-29-15)23-18(28)11-6-12(20)8-13(21)7-11/h2-4,6-10,19,22H,5H2,1H3,(H,23,28)(H,24,27). The molecule has 1 fully saturated rings. The Morgan fingerprint density at radius 3 is 2.69 bits per heavy atom. The number of halogens is 2. The number of rotatable bonds is 4. The molecule has 2 aromatic heterocycles. The maximum absolute atomic E-state index is 12.8. The molecule has 4 rings (SSSR count). The fourth-order valence-electron chi connectivity index (χ4n) is 3.09. The summed E-state index contributed by atoms with van der Waals surface area (Å²) in [5, 5.41) is 16.3. The number of nitrogens with one attached hydrogen (secondary N) is 3. The zero-order valence-electron chi connectivity index (χ0n) is 15.3. The Hall–Kier alpha value is -2.39. The van der Waals surface area contributed by atoms with Gasteiger partial charge in [0.05, 0.1) is 4.88 Å². The monoisotopic (exact) mass is 449 g/mol. The molecule has 1 aliphatic heterocycles. The lowest BCUT2D eigenvalue weighted by Gasteiger charge is -2.30. The number of benzene rings is 1. The Kier molecular flexibility index (Phi) is 5.60. The number of amides is 2. The molecule has 0 spiro atoms. The topological polar surface area (TPSA) is 88.1 Å². The average Bonchev–Trinajstić information content (AvgIpc) is 3.29. The molecule has 2 atom stereocenters. The van der Waals surface area contributed by atoms with Crippen LogP contribution in [0, 0.1) is 0 Å². The lowest BCUT2D eigenvalue weighted by Crippen LogP contribution is -2.52. The van der Waals surface area contributed by atoms with Crippen LogP contribution in [0.1, 0.15) is 30.0 Å². The van der Waals surface area contributed by atoms with Crippen LogP contribution in [0.15, 0.2) is 41.8 Å². The molecule has 29 heavy (non-hydrogen) atoms. The van der Waals surface area contributed by atoms with E-state index in [1.807, 2.05) is 24.4 Å². The minimum atomic E-state index is -0.585. The van der Waals surface area contributed by atoms with E-state index < -0.39 is 6.29 Å². The van der Waals surface area contributed by atoms with E-state index in [-0.39, 0.29) is 17.9 Å². The lowest BCUT2D eigenvalue weighted by molar-refractivity contribution is -0.125. The molecule has 0 bridgehead atoms. The van der Waals surface area contributed by atoms with Crippen molar-refractivity contribution in [3.05, 3.63) is 57.4 Å². The molecule has 3 aromatic rings. The van der Waals surface area contributed by atoms with Gasteiger partial charge in [-0.05, 0) is 36.6 Å². The van der Waals surface area contributed by atoms with Gasteiger partial charge in [0.2, 0.25) is 5.91 Å². The highest BCUT2D eigenvalue weighted by Gasteiger charge is 2.27. The predicted molar refractivity (Wildman–Crippen MR) is 114 cm³/mol. The van der Waals surface area contributed by atoms with Crippen molar-refractivity contribution >= 4 is 52.2 Å². The maximum atomic E-state index is 12.8. The third-order valence-corrected chi connectivity index (χ3v) is 5.68. The third-order valence-electron chi connectivity index (χ3n) is 4.35. The summed E-state index contributed by atoms with van der Waals surface area (Å²) >= 11 is 13.6. The summed E-state index contributed by atoms with van der Waals surface area (Å²) in [6.45, 7) is 1.92. The summed E-state index contributed by atoms with van der Waals surface area (Å²) < 4.78 is 1.56. The summed E-state index contributed by atoms with van der Waals surface area (Å²) in [7, 11) is 0. The van der Waals surface area contributed by atoms with Crippen molar-refractivity contribution in [2.75, 3.05) is 5.32 Å². The molecule has 150 valence electrons. The van der Waals surface area contributed by atoms with Gasteiger partial charge >= 0.3 is 0 Å². The van der Waals surface area contributed by atoms with E-state index in [1.165, 1.54) is 23.5 Å². The maximum Gasteiger partial charge on any atom is 0.256 e. The minimum Gasteiger partial charge on any atom is -0.322 e. The fraction of sp³-hybridized carbons (Fsp3) is 0.211. The largest absolute Gasteiger partial charge is 0.322 e. The van der Waals surface area contributed by atoms with Crippen LogP contribution >= 0.6 is 34.5 Å². The van der Waals surface area contributed by atoms with Crippen molar-refractivity contribution in [3.63, 3.8) is 0 Å². The third kappa shape index (κ3) is 4.45. The van der Waals surface area contributed by atoms with Gasteiger partial charge in [-0.25, -0.2) is 4.68 Å². The number of carbonyl (C=O) groups excluding carboxylic acids is 2. The Bertz CT molecular complexity index is 1050. The van der Waals surface area contributed by atoms with Crippen molar-refractivity contribution in [1.29, 1.82) is 0 Å². The summed E-state index contributed by atoms with van der Waals surface area (Å²) in [6.07, 6.45) is -0.212. The van der Waals surface area contributed by atoms with E-state index in [0.717, 1.165) is 4.88 Å². The summed E-state index contributed by atoms with van der Waals surface area (Å²) in [6, 6.07) is 10.2. The van der Waals surface area contributed by atoms with Crippen molar-refractivity contribution in [2.45, 2.75) is 25.7 Å². The Balaban J connectivity index is 1.69.